The van der Waals surface area contributed by atoms with E-state index < -0.39 is 0 Å². The molecule has 106 valence electrons. The van der Waals surface area contributed by atoms with Crippen LogP contribution >= 0.6 is 22.6 Å². The Kier molecular flexibility index (Phi) is 5.05. The van der Waals surface area contributed by atoms with Gasteiger partial charge in [0.15, 0.2) is 5.69 Å². The molecule has 2 N–H and O–H groups in total. The summed E-state index contributed by atoms with van der Waals surface area (Å²) in [7, 11) is 0. The van der Waals surface area contributed by atoms with Crippen LogP contribution < -0.4 is 5.32 Å². The molecule has 0 atom stereocenters. The van der Waals surface area contributed by atoms with Crippen molar-refractivity contribution in [1.29, 1.82) is 10.7 Å². The fourth-order valence-corrected chi connectivity index (χ4v) is 2.31. The van der Waals surface area contributed by atoms with Gasteiger partial charge in [-0.1, -0.05) is 0 Å². The third kappa shape index (κ3) is 4.13. The first-order valence-corrected chi connectivity index (χ1v) is 7.04. The van der Waals surface area contributed by atoms with Crippen molar-refractivity contribution in [2.24, 2.45) is 0 Å². The fourth-order valence-electron chi connectivity index (χ4n) is 1.70. The Morgan fingerprint density at radius 3 is 3.00 bits per heavy atom. The smallest absolute Gasteiger partial charge is 0.158 e. The molecule has 2 aromatic rings. The Morgan fingerprint density at radius 2 is 2.38 bits per heavy atom. The predicted molar refractivity (Wildman–Crippen MR) is 86.5 cm³/mol. The number of nitriles is 1. The molecular weight excluding hydrogens is 384 g/mol. The normalized spacial score (nSPS) is 11.0. The lowest BCUT2D eigenvalue weighted by atomic mass is 10.3. The SMILES string of the molecule is N#Cc1cn(C/C(=C/C=N)Nc2ccc(F)cc2I)cn1. The van der Waals surface area contributed by atoms with E-state index in [0.29, 0.717) is 12.2 Å². The molecular formula is C14H11FIN5. The van der Waals surface area contributed by atoms with Crippen LogP contribution in [-0.2, 0) is 6.54 Å². The number of allylic oxidation sites excluding steroid dienone is 2. The van der Waals surface area contributed by atoms with Crippen molar-refractivity contribution in [2.45, 2.75) is 6.54 Å². The Bertz CT molecular complexity index is 729. The summed E-state index contributed by atoms with van der Waals surface area (Å²) in [4.78, 5) is 3.92. The Labute approximate surface area is 134 Å². The first kappa shape index (κ1) is 15.2. The van der Waals surface area contributed by atoms with Crippen molar-refractivity contribution in [3.05, 3.63) is 57.6 Å². The monoisotopic (exact) mass is 395 g/mol. The number of rotatable bonds is 5. The zero-order chi connectivity index (χ0) is 15.2. The quantitative estimate of drug-likeness (QED) is 0.603. The second-order valence-electron chi connectivity index (χ2n) is 4.15. The van der Waals surface area contributed by atoms with E-state index in [1.165, 1.54) is 18.3 Å². The third-order valence-corrected chi connectivity index (χ3v) is 3.50. The Morgan fingerprint density at radius 1 is 1.57 bits per heavy atom. The van der Waals surface area contributed by atoms with Crippen molar-refractivity contribution in [1.82, 2.24) is 9.55 Å². The molecule has 0 saturated carbocycles. The fraction of sp³-hybridized carbons (Fsp3) is 0.0714. The van der Waals surface area contributed by atoms with Crippen LogP contribution in [0.1, 0.15) is 5.69 Å². The molecule has 0 aliphatic heterocycles. The van der Waals surface area contributed by atoms with Crippen molar-refractivity contribution in [2.75, 3.05) is 5.32 Å². The number of imidazole rings is 1. The topological polar surface area (TPSA) is 77.5 Å². The molecule has 1 aromatic carbocycles. The van der Waals surface area contributed by atoms with Gasteiger partial charge in [0.05, 0.1) is 18.6 Å². The average molecular weight is 395 g/mol. The van der Waals surface area contributed by atoms with Gasteiger partial charge in [0.1, 0.15) is 11.9 Å². The number of aromatic nitrogens is 2. The van der Waals surface area contributed by atoms with E-state index in [-0.39, 0.29) is 5.82 Å². The van der Waals surface area contributed by atoms with Crippen molar-refractivity contribution in [3.63, 3.8) is 0 Å². The summed E-state index contributed by atoms with van der Waals surface area (Å²) in [6, 6.07) is 6.40. The molecule has 0 fully saturated rings. The first-order chi connectivity index (χ1) is 10.1. The third-order valence-electron chi connectivity index (χ3n) is 2.61. The van der Waals surface area contributed by atoms with Gasteiger partial charge >= 0.3 is 0 Å². The van der Waals surface area contributed by atoms with Gasteiger partial charge in [0.25, 0.3) is 0 Å². The van der Waals surface area contributed by atoms with Gasteiger partial charge in [0.2, 0.25) is 0 Å². The van der Waals surface area contributed by atoms with Crippen molar-refractivity contribution < 1.29 is 4.39 Å². The minimum absolute atomic E-state index is 0.296. The molecule has 0 aliphatic rings. The number of benzene rings is 1. The molecule has 1 heterocycles. The van der Waals surface area contributed by atoms with E-state index in [0.717, 1.165) is 15.0 Å². The van der Waals surface area contributed by atoms with E-state index in [4.69, 9.17) is 10.7 Å². The van der Waals surface area contributed by atoms with E-state index in [2.05, 4.69) is 10.3 Å². The summed E-state index contributed by atoms with van der Waals surface area (Å²) in [6.45, 7) is 0.428. The van der Waals surface area contributed by atoms with Gasteiger partial charge in [0, 0.05) is 21.7 Å². The summed E-state index contributed by atoms with van der Waals surface area (Å²) >= 11 is 2.04. The summed E-state index contributed by atoms with van der Waals surface area (Å²) in [5, 5.41) is 19.1. The highest BCUT2D eigenvalue weighted by molar-refractivity contribution is 14.1. The molecule has 0 unspecified atom stereocenters. The van der Waals surface area contributed by atoms with Crippen LogP contribution in [-0.4, -0.2) is 15.8 Å². The van der Waals surface area contributed by atoms with Crippen LogP contribution in [0.3, 0.4) is 0 Å². The maximum Gasteiger partial charge on any atom is 0.158 e. The first-order valence-electron chi connectivity index (χ1n) is 5.96. The van der Waals surface area contributed by atoms with Gasteiger partial charge in [-0.25, -0.2) is 9.37 Å². The standard InChI is InChI=1S/C14H11FIN5/c15-10-1-2-14(13(16)5-10)20-11(3-4-17)7-21-8-12(6-18)19-9-21/h1-5,8-9,17,20H,7H2/b11-3-,17-4?. The lowest BCUT2D eigenvalue weighted by Crippen LogP contribution is -2.09. The van der Waals surface area contributed by atoms with Crippen molar-refractivity contribution in [3.8, 4) is 6.07 Å². The van der Waals surface area contributed by atoms with Gasteiger partial charge < -0.3 is 15.3 Å². The second kappa shape index (κ2) is 6.99. The molecule has 0 amide bonds. The number of halogens is 2. The Hall–Kier alpha value is -2.21. The highest BCUT2D eigenvalue weighted by Crippen LogP contribution is 2.21. The van der Waals surface area contributed by atoms with Crippen LogP contribution in [0.25, 0.3) is 0 Å². The maximum absolute atomic E-state index is 13.1. The molecule has 0 radical (unpaired) electrons. The van der Waals surface area contributed by atoms with Crippen LogP contribution in [0, 0.1) is 26.1 Å². The summed E-state index contributed by atoms with van der Waals surface area (Å²) in [6.07, 6.45) is 5.94. The molecule has 0 aliphatic carbocycles. The summed E-state index contributed by atoms with van der Waals surface area (Å²) < 4.78 is 15.6. The molecule has 7 heteroatoms. The van der Waals surface area contributed by atoms with E-state index in [1.807, 2.05) is 28.7 Å². The minimum atomic E-state index is -0.296. The zero-order valence-corrected chi connectivity index (χ0v) is 13.0. The van der Waals surface area contributed by atoms with Crippen molar-refractivity contribution >= 4 is 34.5 Å². The Balaban J connectivity index is 2.18. The lowest BCUT2D eigenvalue weighted by molar-refractivity contribution is 0.627. The van der Waals surface area contributed by atoms with Gasteiger partial charge in [-0.2, -0.15) is 5.26 Å². The molecule has 0 saturated heterocycles. The second-order valence-corrected chi connectivity index (χ2v) is 5.31. The zero-order valence-electron chi connectivity index (χ0n) is 10.8. The van der Waals surface area contributed by atoms with E-state index >= 15 is 0 Å². The highest BCUT2D eigenvalue weighted by atomic mass is 127. The number of nitrogens with zero attached hydrogens (tertiary/aromatic N) is 3. The average Bonchev–Trinajstić information content (AvgIpc) is 2.90. The number of hydrogen-bond donors (Lipinski definition) is 2. The minimum Gasteiger partial charge on any atom is -0.356 e. The van der Waals surface area contributed by atoms with Gasteiger partial charge in [-0.3, -0.25) is 0 Å². The number of nitrogens with one attached hydrogen (secondary N) is 2. The van der Waals surface area contributed by atoms with E-state index in [1.54, 1.807) is 29.2 Å². The molecule has 0 spiro atoms. The number of anilines is 1. The van der Waals surface area contributed by atoms with Crippen LogP contribution in [0.4, 0.5) is 10.1 Å². The summed E-state index contributed by atoms with van der Waals surface area (Å²) in [5.41, 5.74) is 1.82. The van der Waals surface area contributed by atoms with Crippen LogP contribution in [0.15, 0.2) is 42.5 Å². The predicted octanol–water partition coefficient (Wildman–Crippen LogP) is 3.14. The molecule has 21 heavy (non-hydrogen) atoms. The molecule has 1 aromatic heterocycles. The summed E-state index contributed by atoms with van der Waals surface area (Å²) in [5.74, 6) is -0.296. The molecule has 5 nitrogen and oxygen atoms in total. The largest absolute Gasteiger partial charge is 0.356 e. The molecule has 2 rings (SSSR count). The maximum atomic E-state index is 13.1. The van der Waals surface area contributed by atoms with Crippen LogP contribution in [0.2, 0.25) is 0 Å². The van der Waals surface area contributed by atoms with Gasteiger partial charge in [-0.15, -0.1) is 0 Å². The highest BCUT2D eigenvalue weighted by Gasteiger charge is 2.05. The number of hydrogen-bond acceptors (Lipinski definition) is 4. The van der Waals surface area contributed by atoms with Crippen LogP contribution in [0.5, 0.6) is 0 Å². The van der Waals surface area contributed by atoms with Gasteiger partial charge in [-0.05, 0) is 46.9 Å². The molecule has 0 bridgehead atoms. The van der Waals surface area contributed by atoms with E-state index in [9.17, 15) is 4.39 Å². The lowest BCUT2D eigenvalue weighted by Gasteiger charge is -2.12.